The van der Waals surface area contributed by atoms with Gasteiger partial charge in [-0.3, -0.25) is 13.9 Å². The first-order chi connectivity index (χ1) is 19.3. The van der Waals surface area contributed by atoms with E-state index in [0.29, 0.717) is 23.7 Å². The maximum absolute atomic E-state index is 13.6. The molecule has 0 saturated heterocycles. The Bertz CT molecular complexity index is 1580. The lowest BCUT2D eigenvalue weighted by molar-refractivity contribution is -0.114. The van der Waals surface area contributed by atoms with Crippen LogP contribution in [0, 0.1) is 0 Å². The summed E-state index contributed by atoms with van der Waals surface area (Å²) in [7, 11) is -2.69. The molecular weight excluding hydrogens is 550 g/mol. The van der Waals surface area contributed by atoms with Gasteiger partial charge in [0.05, 0.1) is 28.9 Å². The second-order valence-electron chi connectivity index (χ2n) is 8.75. The monoisotopic (exact) mass is 577 g/mol. The Hall–Kier alpha value is -4.34. The van der Waals surface area contributed by atoms with Crippen LogP contribution in [0.15, 0.2) is 108 Å². The molecule has 4 rings (SSSR count). The molecule has 4 aromatic rings. The van der Waals surface area contributed by atoms with Gasteiger partial charge in [0.1, 0.15) is 12.3 Å². The maximum atomic E-state index is 13.6. The number of ether oxygens (including phenoxy) is 1. The number of nitrogens with one attached hydrogen (secondary N) is 2. The topological polar surface area (TPSA) is 105 Å². The van der Waals surface area contributed by atoms with Crippen molar-refractivity contribution in [2.45, 2.75) is 11.3 Å². The number of anilines is 2. The van der Waals surface area contributed by atoms with Crippen LogP contribution >= 0.6 is 11.6 Å². The third kappa shape index (κ3) is 7.19. The lowest BCUT2D eigenvalue weighted by Gasteiger charge is -2.24. The van der Waals surface area contributed by atoms with E-state index < -0.39 is 22.5 Å². The standard InChI is InChI=1S/C30H28ClN3O5S/c1-39-25-14-16-26(17-15-25)40(37,38)34(24-11-7-10-23(31)20-24)21-29(35)33-28-13-6-5-12-27(28)30(36)32-19-18-22-8-3-2-4-9-22/h2-17,20H,18-19,21H2,1H3,(H,32,36)(H,33,35). The van der Waals surface area contributed by atoms with Gasteiger partial charge in [0.25, 0.3) is 15.9 Å². The Morgan fingerprint density at radius 2 is 1.57 bits per heavy atom. The highest BCUT2D eigenvalue weighted by Gasteiger charge is 2.28. The van der Waals surface area contributed by atoms with Crippen molar-refractivity contribution in [2.24, 2.45) is 0 Å². The number of carbonyl (C=O) groups is 2. The highest BCUT2D eigenvalue weighted by molar-refractivity contribution is 7.92. The Kier molecular flexibility index (Phi) is 9.42. The Balaban J connectivity index is 1.53. The number of benzene rings is 4. The van der Waals surface area contributed by atoms with Gasteiger partial charge in [0, 0.05) is 11.6 Å². The molecule has 0 fully saturated rings. The van der Waals surface area contributed by atoms with Gasteiger partial charge in [-0.25, -0.2) is 8.42 Å². The molecular formula is C30H28ClN3O5S. The molecule has 206 valence electrons. The number of para-hydroxylation sites is 1. The summed E-state index contributed by atoms with van der Waals surface area (Å²) in [5, 5.41) is 5.88. The SMILES string of the molecule is COc1ccc(S(=O)(=O)N(CC(=O)Nc2ccccc2C(=O)NCCc2ccccc2)c2cccc(Cl)c2)cc1. The van der Waals surface area contributed by atoms with E-state index in [1.807, 2.05) is 30.3 Å². The predicted molar refractivity (Wildman–Crippen MR) is 157 cm³/mol. The van der Waals surface area contributed by atoms with Crippen LogP contribution in [0.4, 0.5) is 11.4 Å². The van der Waals surface area contributed by atoms with Gasteiger partial charge in [0.15, 0.2) is 0 Å². The molecule has 40 heavy (non-hydrogen) atoms. The molecule has 2 amide bonds. The minimum atomic E-state index is -4.17. The molecule has 0 radical (unpaired) electrons. The van der Waals surface area contributed by atoms with E-state index in [1.165, 1.54) is 37.4 Å². The summed E-state index contributed by atoms with van der Waals surface area (Å²) in [5.74, 6) is -0.504. The molecule has 8 nitrogen and oxygen atoms in total. The van der Waals surface area contributed by atoms with Gasteiger partial charge in [-0.05, 0) is 66.6 Å². The van der Waals surface area contributed by atoms with E-state index in [-0.39, 0.29) is 27.7 Å². The van der Waals surface area contributed by atoms with Crippen LogP contribution in [0.5, 0.6) is 5.75 Å². The summed E-state index contributed by atoms with van der Waals surface area (Å²) < 4.78 is 33.4. The van der Waals surface area contributed by atoms with Gasteiger partial charge in [-0.1, -0.05) is 60.1 Å². The molecule has 0 saturated carbocycles. The summed E-state index contributed by atoms with van der Waals surface area (Å²) in [6.45, 7) is -0.146. The first-order valence-electron chi connectivity index (χ1n) is 12.4. The number of nitrogens with zero attached hydrogens (tertiary/aromatic N) is 1. The van der Waals surface area contributed by atoms with E-state index >= 15 is 0 Å². The van der Waals surface area contributed by atoms with Crippen molar-refractivity contribution in [1.29, 1.82) is 0 Å². The van der Waals surface area contributed by atoms with Crippen LogP contribution in [0.25, 0.3) is 0 Å². The van der Waals surface area contributed by atoms with Crippen LogP contribution < -0.4 is 19.7 Å². The zero-order valence-electron chi connectivity index (χ0n) is 21.7. The molecule has 0 heterocycles. The number of hydrogen-bond donors (Lipinski definition) is 2. The minimum absolute atomic E-state index is 0.0285. The van der Waals surface area contributed by atoms with Gasteiger partial charge < -0.3 is 15.4 Å². The average molecular weight is 578 g/mol. The number of amides is 2. The van der Waals surface area contributed by atoms with Crippen molar-refractivity contribution < 1.29 is 22.7 Å². The molecule has 0 spiro atoms. The summed E-state index contributed by atoms with van der Waals surface area (Å²) in [6, 6.07) is 28.4. The predicted octanol–water partition coefficient (Wildman–Crippen LogP) is 5.16. The number of carbonyl (C=O) groups excluding carboxylic acids is 2. The van der Waals surface area contributed by atoms with Crippen LogP contribution in [0.2, 0.25) is 5.02 Å². The second kappa shape index (κ2) is 13.1. The quantitative estimate of drug-likeness (QED) is 0.256. The molecule has 2 N–H and O–H groups in total. The van der Waals surface area contributed by atoms with E-state index in [2.05, 4.69) is 10.6 Å². The number of hydrogen-bond acceptors (Lipinski definition) is 5. The Labute approximate surface area is 238 Å². The van der Waals surface area contributed by atoms with Gasteiger partial charge in [-0.15, -0.1) is 0 Å². The largest absolute Gasteiger partial charge is 0.497 e. The summed E-state index contributed by atoms with van der Waals surface area (Å²) in [6.07, 6.45) is 0.652. The number of halogens is 1. The van der Waals surface area contributed by atoms with Crippen molar-refractivity contribution >= 4 is 44.8 Å². The number of sulfonamides is 1. The van der Waals surface area contributed by atoms with Gasteiger partial charge >= 0.3 is 0 Å². The third-order valence-electron chi connectivity index (χ3n) is 6.02. The number of methoxy groups -OCH3 is 1. The zero-order chi connectivity index (χ0) is 28.5. The molecule has 0 atom stereocenters. The molecule has 0 aliphatic rings. The van der Waals surface area contributed by atoms with E-state index in [9.17, 15) is 18.0 Å². The second-order valence-corrected chi connectivity index (χ2v) is 11.1. The minimum Gasteiger partial charge on any atom is -0.497 e. The summed E-state index contributed by atoms with van der Waals surface area (Å²) in [5.41, 5.74) is 1.82. The summed E-state index contributed by atoms with van der Waals surface area (Å²) >= 11 is 6.14. The highest BCUT2D eigenvalue weighted by atomic mass is 35.5. The van der Waals surface area contributed by atoms with Crippen molar-refractivity contribution in [3.63, 3.8) is 0 Å². The molecule has 0 aliphatic heterocycles. The van der Waals surface area contributed by atoms with E-state index in [0.717, 1.165) is 9.87 Å². The number of rotatable bonds is 11. The zero-order valence-corrected chi connectivity index (χ0v) is 23.3. The first kappa shape index (κ1) is 28.7. The molecule has 0 unspecified atom stereocenters. The third-order valence-corrected chi connectivity index (χ3v) is 8.04. The molecule has 4 aromatic carbocycles. The van der Waals surface area contributed by atoms with Crippen LogP contribution in [-0.4, -0.2) is 40.4 Å². The molecule has 10 heteroatoms. The molecule has 0 aliphatic carbocycles. The maximum Gasteiger partial charge on any atom is 0.264 e. The molecule has 0 bridgehead atoms. The lowest BCUT2D eigenvalue weighted by atomic mass is 10.1. The average Bonchev–Trinajstić information content (AvgIpc) is 2.96. The summed E-state index contributed by atoms with van der Waals surface area (Å²) in [4.78, 5) is 26.1. The highest BCUT2D eigenvalue weighted by Crippen LogP contribution is 2.27. The van der Waals surface area contributed by atoms with Gasteiger partial charge in [0.2, 0.25) is 5.91 Å². The van der Waals surface area contributed by atoms with Crippen molar-refractivity contribution in [3.05, 3.63) is 119 Å². The first-order valence-corrected chi connectivity index (χ1v) is 14.2. The van der Waals surface area contributed by atoms with E-state index in [4.69, 9.17) is 16.3 Å². The van der Waals surface area contributed by atoms with Crippen LogP contribution in [0.3, 0.4) is 0 Å². The van der Waals surface area contributed by atoms with Crippen LogP contribution in [-0.2, 0) is 21.2 Å². The Morgan fingerprint density at radius 1 is 0.875 bits per heavy atom. The van der Waals surface area contributed by atoms with E-state index in [1.54, 1.807) is 42.5 Å². The smallest absolute Gasteiger partial charge is 0.264 e. The fourth-order valence-electron chi connectivity index (χ4n) is 3.99. The van der Waals surface area contributed by atoms with Crippen molar-refractivity contribution in [2.75, 3.05) is 29.8 Å². The fraction of sp³-hybridized carbons (Fsp3) is 0.133. The molecule has 0 aromatic heterocycles. The van der Waals surface area contributed by atoms with Crippen molar-refractivity contribution in [3.8, 4) is 5.75 Å². The normalized spacial score (nSPS) is 10.9. The Morgan fingerprint density at radius 3 is 2.27 bits per heavy atom. The fourth-order valence-corrected chi connectivity index (χ4v) is 5.59. The van der Waals surface area contributed by atoms with Gasteiger partial charge in [-0.2, -0.15) is 0 Å². The lowest BCUT2D eigenvalue weighted by Crippen LogP contribution is -2.38. The van der Waals surface area contributed by atoms with Crippen molar-refractivity contribution in [1.82, 2.24) is 5.32 Å². The van der Waals surface area contributed by atoms with Crippen LogP contribution in [0.1, 0.15) is 15.9 Å².